The molecule has 0 radical (unpaired) electrons. The van der Waals surface area contributed by atoms with Gasteiger partial charge in [-0.15, -0.1) is 11.6 Å². The van der Waals surface area contributed by atoms with E-state index in [1.54, 1.807) is 0 Å². The number of carboxylic acids is 2. The van der Waals surface area contributed by atoms with E-state index in [4.69, 9.17) is 79.8 Å². The summed E-state index contributed by atoms with van der Waals surface area (Å²) in [6.45, 7) is 0. The Labute approximate surface area is 120 Å². The average molecular weight is 353 g/mol. The van der Waals surface area contributed by atoms with Crippen molar-refractivity contribution >= 4 is 81.5 Å². The molecular formula is C6H4Cl6O4. The molecule has 0 aliphatic rings. The second kappa shape index (κ2) is 5.12. The van der Waals surface area contributed by atoms with Gasteiger partial charge in [-0.1, -0.05) is 58.0 Å². The second-order valence-corrected chi connectivity index (χ2v) is 6.33. The zero-order chi connectivity index (χ0) is 13.4. The van der Waals surface area contributed by atoms with E-state index in [9.17, 15) is 9.59 Å². The lowest BCUT2D eigenvalue weighted by atomic mass is 10.0. The molecule has 0 saturated carbocycles. The summed E-state index contributed by atoms with van der Waals surface area (Å²) >= 11 is 32.9. The summed E-state index contributed by atoms with van der Waals surface area (Å²) in [6.07, 6.45) is 0. The summed E-state index contributed by atoms with van der Waals surface area (Å²) in [5.41, 5.74) is 0. The fraction of sp³-hybridized carbons (Fsp3) is 0.667. The largest absolute Gasteiger partial charge is 0.479 e. The van der Waals surface area contributed by atoms with Gasteiger partial charge in [-0.25, -0.2) is 9.59 Å². The Hall–Kier alpha value is 0.680. The van der Waals surface area contributed by atoms with Crippen LogP contribution in [-0.4, -0.2) is 41.6 Å². The summed E-state index contributed by atoms with van der Waals surface area (Å²) < 4.78 is -5.01. The molecule has 94 valence electrons. The van der Waals surface area contributed by atoms with Crippen molar-refractivity contribution in [3.8, 4) is 0 Å². The Morgan fingerprint density at radius 1 is 0.938 bits per heavy atom. The summed E-state index contributed by atoms with van der Waals surface area (Å²) in [4.78, 5) is 18.5. The zero-order valence-corrected chi connectivity index (χ0v) is 11.7. The Balaban J connectivity index is 5.74. The molecule has 0 aromatic carbocycles. The molecule has 0 aromatic heterocycles. The van der Waals surface area contributed by atoms with Gasteiger partial charge in [0.2, 0.25) is 0 Å². The van der Waals surface area contributed by atoms with E-state index in [0.29, 0.717) is 0 Å². The lowest BCUT2D eigenvalue weighted by molar-refractivity contribution is -0.152. The van der Waals surface area contributed by atoms with Crippen molar-refractivity contribution in [3.63, 3.8) is 0 Å². The van der Waals surface area contributed by atoms with Crippen molar-refractivity contribution < 1.29 is 19.8 Å². The molecule has 0 aliphatic carbocycles. The van der Waals surface area contributed by atoms with Crippen LogP contribution < -0.4 is 0 Å². The van der Waals surface area contributed by atoms with Crippen molar-refractivity contribution in [2.75, 3.05) is 5.88 Å². The highest BCUT2D eigenvalue weighted by atomic mass is 35.5. The monoisotopic (exact) mass is 350 g/mol. The molecule has 0 aromatic rings. The molecule has 0 spiro atoms. The van der Waals surface area contributed by atoms with Crippen molar-refractivity contribution in [3.05, 3.63) is 0 Å². The van der Waals surface area contributed by atoms with Crippen LogP contribution in [0.5, 0.6) is 0 Å². The second-order valence-electron chi connectivity index (χ2n) is 2.68. The first-order valence-corrected chi connectivity index (χ1v) is 5.85. The predicted octanol–water partition coefficient (Wildman–Crippen LogP) is 2.72. The van der Waals surface area contributed by atoms with E-state index in [2.05, 4.69) is 0 Å². The first-order chi connectivity index (χ1) is 6.95. The van der Waals surface area contributed by atoms with Crippen LogP contribution in [0.1, 0.15) is 0 Å². The molecule has 0 saturated heterocycles. The molecule has 0 heterocycles. The van der Waals surface area contributed by atoms with Crippen LogP contribution in [0.4, 0.5) is 0 Å². The van der Waals surface area contributed by atoms with Crippen LogP contribution in [0, 0.1) is 0 Å². The standard InChI is InChI=1S/C6H4Cl6O4/c7-1-4(8,9)6(11,12)5(10,2(13)14)3(15)16/h1H2,(H,13,14)(H,15,16). The first-order valence-electron chi connectivity index (χ1n) is 3.42. The van der Waals surface area contributed by atoms with Gasteiger partial charge < -0.3 is 10.2 Å². The van der Waals surface area contributed by atoms with Gasteiger partial charge in [0.1, 0.15) is 0 Å². The molecule has 2 N–H and O–H groups in total. The van der Waals surface area contributed by atoms with E-state index in [0.717, 1.165) is 0 Å². The summed E-state index contributed by atoms with van der Waals surface area (Å²) in [6, 6.07) is 0. The number of aliphatic carboxylic acids is 2. The third-order valence-corrected chi connectivity index (χ3v) is 5.56. The number of carbonyl (C=O) groups is 2. The molecular weight excluding hydrogens is 349 g/mol. The summed E-state index contributed by atoms with van der Waals surface area (Å²) in [7, 11) is 0. The van der Waals surface area contributed by atoms with E-state index in [1.807, 2.05) is 0 Å². The van der Waals surface area contributed by atoms with Crippen molar-refractivity contribution in [1.29, 1.82) is 0 Å². The molecule has 0 amide bonds. The fourth-order valence-electron chi connectivity index (χ4n) is 0.696. The third kappa shape index (κ3) is 2.42. The van der Waals surface area contributed by atoms with Gasteiger partial charge >= 0.3 is 11.9 Å². The minimum atomic E-state index is -3.13. The average Bonchev–Trinajstić information content (AvgIpc) is 2.15. The lowest BCUT2D eigenvalue weighted by Gasteiger charge is -2.38. The molecule has 4 nitrogen and oxygen atoms in total. The smallest absolute Gasteiger partial charge is 0.339 e. The number of alkyl halides is 6. The molecule has 0 rings (SSSR count). The number of carboxylic acid groups (broad SMARTS) is 2. The topological polar surface area (TPSA) is 74.6 Å². The van der Waals surface area contributed by atoms with Crippen LogP contribution in [0.3, 0.4) is 0 Å². The molecule has 0 bridgehead atoms. The molecule has 0 fully saturated rings. The first kappa shape index (κ1) is 16.7. The van der Waals surface area contributed by atoms with Crippen LogP contribution in [0.15, 0.2) is 0 Å². The number of hydrogen-bond acceptors (Lipinski definition) is 2. The van der Waals surface area contributed by atoms with Crippen LogP contribution in [0.25, 0.3) is 0 Å². The Bertz CT molecular complexity index is 300. The minimum absolute atomic E-state index is 0.627. The third-order valence-electron chi connectivity index (χ3n) is 1.65. The van der Waals surface area contributed by atoms with Crippen LogP contribution in [0.2, 0.25) is 0 Å². The molecule has 0 aliphatic heterocycles. The minimum Gasteiger partial charge on any atom is -0.479 e. The molecule has 0 atom stereocenters. The number of halogens is 6. The van der Waals surface area contributed by atoms with Crippen molar-refractivity contribution in [1.82, 2.24) is 0 Å². The van der Waals surface area contributed by atoms with Crippen LogP contribution >= 0.6 is 69.6 Å². The highest BCUT2D eigenvalue weighted by Gasteiger charge is 2.69. The fourth-order valence-corrected chi connectivity index (χ4v) is 2.03. The van der Waals surface area contributed by atoms with Gasteiger partial charge in [0.05, 0.1) is 5.88 Å². The van der Waals surface area contributed by atoms with Gasteiger partial charge in [0, 0.05) is 0 Å². The van der Waals surface area contributed by atoms with Crippen LogP contribution in [-0.2, 0) is 9.59 Å². The van der Waals surface area contributed by atoms with E-state index >= 15 is 0 Å². The molecule has 0 unspecified atom stereocenters. The van der Waals surface area contributed by atoms with Gasteiger partial charge in [-0.2, -0.15) is 0 Å². The number of hydrogen-bond donors (Lipinski definition) is 2. The van der Waals surface area contributed by atoms with E-state index in [1.165, 1.54) is 0 Å². The SMILES string of the molecule is O=C(O)C(Cl)(C(=O)O)C(Cl)(Cl)C(Cl)(Cl)CCl. The summed E-state index contributed by atoms with van der Waals surface area (Å²) in [5.74, 6) is -4.65. The number of rotatable bonds is 5. The maximum absolute atomic E-state index is 10.8. The predicted molar refractivity (Wildman–Crippen MR) is 63.4 cm³/mol. The molecule has 16 heavy (non-hydrogen) atoms. The summed E-state index contributed by atoms with van der Waals surface area (Å²) in [5, 5.41) is 17.5. The Kier molecular flexibility index (Phi) is 5.34. The molecule has 10 heteroatoms. The highest BCUT2D eigenvalue weighted by molar-refractivity contribution is 6.70. The maximum Gasteiger partial charge on any atom is 0.339 e. The highest BCUT2D eigenvalue weighted by Crippen LogP contribution is 2.53. The Morgan fingerprint density at radius 2 is 1.25 bits per heavy atom. The van der Waals surface area contributed by atoms with Gasteiger partial charge in [-0.05, 0) is 0 Å². The lowest BCUT2D eigenvalue weighted by Crippen LogP contribution is -2.62. The van der Waals surface area contributed by atoms with E-state index in [-0.39, 0.29) is 0 Å². The van der Waals surface area contributed by atoms with Gasteiger partial charge in [0.25, 0.3) is 4.87 Å². The zero-order valence-electron chi connectivity index (χ0n) is 7.19. The van der Waals surface area contributed by atoms with Gasteiger partial charge in [-0.3, -0.25) is 0 Å². The quantitative estimate of drug-likeness (QED) is 0.589. The van der Waals surface area contributed by atoms with Crippen molar-refractivity contribution in [2.24, 2.45) is 0 Å². The maximum atomic E-state index is 10.8. The normalized spacial score (nSPS) is 13.6. The Morgan fingerprint density at radius 3 is 1.44 bits per heavy atom. The van der Waals surface area contributed by atoms with Gasteiger partial charge in [0.15, 0.2) is 8.67 Å². The van der Waals surface area contributed by atoms with E-state index < -0.39 is 31.4 Å². The van der Waals surface area contributed by atoms with Crippen molar-refractivity contribution in [2.45, 2.75) is 13.5 Å².